The van der Waals surface area contributed by atoms with Crippen molar-refractivity contribution in [2.45, 2.75) is 6.42 Å². The Balaban J connectivity index is 2.05. The minimum Gasteiger partial charge on any atom is -0.207 e. The molecule has 0 spiro atoms. The van der Waals surface area contributed by atoms with E-state index >= 15 is 0 Å². The van der Waals surface area contributed by atoms with Crippen LogP contribution >= 0.6 is 0 Å². The standard InChI is InChI=1S/C17H13F/c18-16-9-3-5-13(12-16)11-15-8-4-7-14-6-1-2-10-17(14)15/h1-10,12H,11H2. The van der Waals surface area contributed by atoms with E-state index in [1.807, 2.05) is 18.2 Å². The van der Waals surface area contributed by atoms with Gasteiger partial charge >= 0.3 is 0 Å². The van der Waals surface area contributed by atoms with E-state index in [2.05, 4.69) is 30.3 Å². The molecule has 88 valence electrons. The summed E-state index contributed by atoms with van der Waals surface area (Å²) in [6, 6.07) is 21.4. The van der Waals surface area contributed by atoms with Gasteiger partial charge in [0, 0.05) is 0 Å². The van der Waals surface area contributed by atoms with Gasteiger partial charge in [0.2, 0.25) is 0 Å². The molecule has 1 heteroatoms. The average molecular weight is 236 g/mol. The minimum absolute atomic E-state index is 0.173. The van der Waals surface area contributed by atoms with Gasteiger partial charge in [0.15, 0.2) is 0 Å². The maximum absolute atomic E-state index is 13.2. The van der Waals surface area contributed by atoms with Crippen molar-refractivity contribution in [3.63, 3.8) is 0 Å². The van der Waals surface area contributed by atoms with E-state index in [0.717, 1.165) is 12.0 Å². The fraction of sp³-hybridized carbons (Fsp3) is 0.0588. The first-order valence-electron chi connectivity index (χ1n) is 6.04. The van der Waals surface area contributed by atoms with Gasteiger partial charge in [0.05, 0.1) is 0 Å². The fourth-order valence-corrected chi connectivity index (χ4v) is 2.31. The maximum atomic E-state index is 13.2. The van der Waals surface area contributed by atoms with Crippen LogP contribution in [0.15, 0.2) is 66.7 Å². The Morgan fingerprint density at radius 3 is 2.44 bits per heavy atom. The van der Waals surface area contributed by atoms with E-state index in [1.54, 1.807) is 12.1 Å². The molecule has 3 aromatic rings. The average Bonchev–Trinajstić information content (AvgIpc) is 2.39. The number of halogens is 1. The molecule has 0 saturated heterocycles. The first-order valence-corrected chi connectivity index (χ1v) is 6.04. The zero-order valence-electron chi connectivity index (χ0n) is 9.94. The van der Waals surface area contributed by atoms with E-state index in [4.69, 9.17) is 0 Å². The van der Waals surface area contributed by atoms with Crippen molar-refractivity contribution in [3.05, 3.63) is 83.7 Å². The molecule has 0 aliphatic carbocycles. The van der Waals surface area contributed by atoms with Gasteiger partial charge in [-0.2, -0.15) is 0 Å². The number of fused-ring (bicyclic) bond motifs is 1. The molecule has 0 fully saturated rings. The topological polar surface area (TPSA) is 0 Å². The normalized spacial score (nSPS) is 10.7. The maximum Gasteiger partial charge on any atom is 0.123 e. The van der Waals surface area contributed by atoms with Gasteiger partial charge in [0.1, 0.15) is 5.82 Å². The fourth-order valence-electron chi connectivity index (χ4n) is 2.31. The van der Waals surface area contributed by atoms with Gasteiger partial charge in [-0.05, 0) is 40.5 Å². The van der Waals surface area contributed by atoms with E-state index in [1.165, 1.54) is 22.4 Å². The first-order chi connectivity index (χ1) is 8.83. The van der Waals surface area contributed by atoms with E-state index in [9.17, 15) is 4.39 Å². The minimum atomic E-state index is -0.173. The van der Waals surface area contributed by atoms with Crippen LogP contribution in [0.1, 0.15) is 11.1 Å². The Bertz CT molecular complexity index is 681. The molecule has 18 heavy (non-hydrogen) atoms. The number of rotatable bonds is 2. The molecule has 0 radical (unpaired) electrons. The van der Waals surface area contributed by atoms with Gasteiger partial charge in [0.25, 0.3) is 0 Å². The Morgan fingerprint density at radius 2 is 1.56 bits per heavy atom. The van der Waals surface area contributed by atoms with Gasteiger partial charge < -0.3 is 0 Å². The highest BCUT2D eigenvalue weighted by atomic mass is 19.1. The molecule has 0 N–H and O–H groups in total. The number of hydrogen-bond acceptors (Lipinski definition) is 0. The van der Waals surface area contributed by atoms with Gasteiger partial charge in [-0.1, -0.05) is 54.6 Å². The van der Waals surface area contributed by atoms with Crippen molar-refractivity contribution < 1.29 is 4.39 Å². The molecule has 3 rings (SSSR count). The summed E-state index contributed by atoms with van der Waals surface area (Å²) < 4.78 is 13.2. The lowest BCUT2D eigenvalue weighted by Gasteiger charge is -2.06. The van der Waals surface area contributed by atoms with Crippen LogP contribution in [-0.4, -0.2) is 0 Å². The van der Waals surface area contributed by atoms with E-state index in [-0.39, 0.29) is 5.82 Å². The van der Waals surface area contributed by atoms with Crippen molar-refractivity contribution in [1.82, 2.24) is 0 Å². The zero-order chi connectivity index (χ0) is 12.4. The SMILES string of the molecule is Fc1cccc(Cc2cccc3ccccc23)c1. The Hall–Kier alpha value is -2.15. The Labute approximate surface area is 106 Å². The van der Waals surface area contributed by atoms with Crippen LogP contribution in [-0.2, 0) is 6.42 Å². The van der Waals surface area contributed by atoms with Crippen LogP contribution in [0.25, 0.3) is 10.8 Å². The number of hydrogen-bond donors (Lipinski definition) is 0. The predicted molar refractivity (Wildman–Crippen MR) is 73.2 cm³/mol. The molecule has 0 saturated carbocycles. The summed E-state index contributed by atoms with van der Waals surface area (Å²) in [4.78, 5) is 0. The van der Waals surface area contributed by atoms with E-state index in [0.29, 0.717) is 0 Å². The molecule has 0 aromatic heterocycles. The zero-order valence-corrected chi connectivity index (χ0v) is 9.94. The molecule has 0 atom stereocenters. The number of benzene rings is 3. The summed E-state index contributed by atoms with van der Waals surface area (Å²) in [7, 11) is 0. The van der Waals surface area contributed by atoms with Crippen LogP contribution in [0.5, 0.6) is 0 Å². The second-order valence-electron chi connectivity index (χ2n) is 4.44. The molecule has 0 heterocycles. The summed E-state index contributed by atoms with van der Waals surface area (Å²) >= 11 is 0. The third kappa shape index (κ3) is 2.12. The summed E-state index contributed by atoms with van der Waals surface area (Å²) in [5, 5.41) is 2.47. The highest BCUT2D eigenvalue weighted by molar-refractivity contribution is 5.85. The van der Waals surface area contributed by atoms with E-state index < -0.39 is 0 Å². The first kappa shape index (κ1) is 11.0. The third-order valence-electron chi connectivity index (χ3n) is 3.16. The second-order valence-corrected chi connectivity index (χ2v) is 4.44. The summed E-state index contributed by atoms with van der Waals surface area (Å²) in [6.07, 6.45) is 0.763. The van der Waals surface area contributed by atoms with Crippen molar-refractivity contribution in [1.29, 1.82) is 0 Å². The Kier molecular flexibility index (Phi) is 2.81. The summed E-state index contributed by atoms with van der Waals surface area (Å²) in [6.45, 7) is 0. The van der Waals surface area contributed by atoms with Crippen LogP contribution in [0.2, 0.25) is 0 Å². The van der Waals surface area contributed by atoms with Crippen molar-refractivity contribution in [2.24, 2.45) is 0 Å². The Morgan fingerprint density at radius 1 is 0.778 bits per heavy atom. The van der Waals surface area contributed by atoms with Gasteiger partial charge in [-0.3, -0.25) is 0 Å². The van der Waals surface area contributed by atoms with Crippen LogP contribution in [0.3, 0.4) is 0 Å². The molecule has 0 bridgehead atoms. The predicted octanol–water partition coefficient (Wildman–Crippen LogP) is 4.57. The van der Waals surface area contributed by atoms with Crippen LogP contribution in [0.4, 0.5) is 4.39 Å². The largest absolute Gasteiger partial charge is 0.207 e. The lowest BCUT2D eigenvalue weighted by Crippen LogP contribution is -1.90. The highest BCUT2D eigenvalue weighted by Gasteiger charge is 2.02. The van der Waals surface area contributed by atoms with Crippen LogP contribution in [0, 0.1) is 5.82 Å². The second kappa shape index (κ2) is 4.61. The molecule has 0 nitrogen and oxygen atoms in total. The van der Waals surface area contributed by atoms with Crippen molar-refractivity contribution in [2.75, 3.05) is 0 Å². The van der Waals surface area contributed by atoms with Crippen molar-refractivity contribution in [3.8, 4) is 0 Å². The smallest absolute Gasteiger partial charge is 0.123 e. The molecule has 0 aliphatic heterocycles. The molecule has 0 unspecified atom stereocenters. The van der Waals surface area contributed by atoms with Gasteiger partial charge in [-0.25, -0.2) is 4.39 Å². The summed E-state index contributed by atoms with van der Waals surface area (Å²) in [5.74, 6) is -0.173. The van der Waals surface area contributed by atoms with Gasteiger partial charge in [-0.15, -0.1) is 0 Å². The monoisotopic (exact) mass is 236 g/mol. The summed E-state index contributed by atoms with van der Waals surface area (Å²) in [5.41, 5.74) is 2.24. The molecule has 3 aromatic carbocycles. The lowest BCUT2D eigenvalue weighted by atomic mass is 9.98. The van der Waals surface area contributed by atoms with Crippen molar-refractivity contribution >= 4 is 10.8 Å². The molecule has 0 aliphatic rings. The highest BCUT2D eigenvalue weighted by Crippen LogP contribution is 2.21. The van der Waals surface area contributed by atoms with Crippen LogP contribution < -0.4 is 0 Å². The molecular formula is C17H13F. The molecule has 0 amide bonds. The lowest BCUT2D eigenvalue weighted by molar-refractivity contribution is 0.626. The molecular weight excluding hydrogens is 223 g/mol. The third-order valence-corrected chi connectivity index (χ3v) is 3.16. The quantitative estimate of drug-likeness (QED) is 0.611.